The van der Waals surface area contributed by atoms with Crippen molar-refractivity contribution in [3.63, 3.8) is 0 Å². The highest BCUT2D eigenvalue weighted by Crippen LogP contribution is 2.37. The van der Waals surface area contributed by atoms with E-state index in [9.17, 15) is 43.9 Å². The fraction of sp³-hybridized carbons (Fsp3) is 0.217. The standard InChI is InChI=1S/C23H14F10N4/c1-21(2,15-7-9-36(34-15)13-5-3-11(24)17(19(13)26)22(28,29)30)16-8-10-37(35-16)14-6-4-12(25)18(20(14)27)23(31,32)33/h3-10H,1-2H3. The summed E-state index contributed by atoms with van der Waals surface area (Å²) in [5.74, 6) is -7.35. The Labute approximate surface area is 201 Å². The molecule has 196 valence electrons. The first kappa shape index (κ1) is 26.2. The lowest BCUT2D eigenvalue weighted by atomic mass is 9.86. The lowest BCUT2D eigenvalue weighted by molar-refractivity contribution is -0.143. The van der Waals surface area contributed by atoms with Gasteiger partial charge in [0, 0.05) is 12.4 Å². The number of aromatic nitrogens is 4. The third-order valence-electron chi connectivity index (χ3n) is 5.66. The molecule has 0 unspecified atom stereocenters. The molecule has 2 heterocycles. The molecule has 4 nitrogen and oxygen atoms in total. The van der Waals surface area contributed by atoms with E-state index in [-0.39, 0.29) is 11.4 Å². The minimum atomic E-state index is -5.30. The molecule has 0 fully saturated rings. The largest absolute Gasteiger partial charge is 0.422 e. The number of alkyl halides is 6. The van der Waals surface area contributed by atoms with Crippen LogP contribution >= 0.6 is 0 Å². The number of hydrogen-bond donors (Lipinski definition) is 0. The Bertz CT molecular complexity index is 1370. The summed E-state index contributed by atoms with van der Waals surface area (Å²) in [5.41, 5.74) is -6.46. The number of halogens is 10. The van der Waals surface area contributed by atoms with Crippen LogP contribution in [-0.4, -0.2) is 19.6 Å². The summed E-state index contributed by atoms with van der Waals surface area (Å²) in [6, 6.07) is 5.07. The van der Waals surface area contributed by atoms with Crippen molar-refractivity contribution in [3.8, 4) is 11.4 Å². The summed E-state index contributed by atoms with van der Waals surface area (Å²) in [7, 11) is 0. The van der Waals surface area contributed by atoms with Crippen molar-refractivity contribution in [2.45, 2.75) is 31.6 Å². The minimum Gasteiger partial charge on any atom is -0.238 e. The first-order chi connectivity index (χ1) is 17.0. The van der Waals surface area contributed by atoms with Gasteiger partial charge in [-0.25, -0.2) is 26.9 Å². The Balaban J connectivity index is 1.72. The van der Waals surface area contributed by atoms with Crippen molar-refractivity contribution in [2.24, 2.45) is 0 Å². The van der Waals surface area contributed by atoms with Crippen LogP contribution in [0.25, 0.3) is 11.4 Å². The highest BCUT2D eigenvalue weighted by atomic mass is 19.4. The van der Waals surface area contributed by atoms with Gasteiger partial charge in [0.05, 0.1) is 16.8 Å². The van der Waals surface area contributed by atoms with Crippen LogP contribution in [0.5, 0.6) is 0 Å². The minimum absolute atomic E-state index is 0.130. The molecule has 4 aromatic rings. The van der Waals surface area contributed by atoms with Gasteiger partial charge in [0.25, 0.3) is 0 Å². The molecule has 0 N–H and O–H groups in total. The van der Waals surface area contributed by atoms with Gasteiger partial charge in [-0.3, -0.25) is 0 Å². The van der Waals surface area contributed by atoms with Gasteiger partial charge in [-0.15, -0.1) is 0 Å². The van der Waals surface area contributed by atoms with Crippen LogP contribution in [-0.2, 0) is 17.8 Å². The SMILES string of the molecule is CC(C)(c1ccn(-c2ccc(F)c(C(F)(F)F)c2F)n1)c1ccn(-c2ccc(F)c(C(F)(F)F)c2F)n1. The lowest BCUT2D eigenvalue weighted by Gasteiger charge is -2.20. The van der Waals surface area contributed by atoms with E-state index in [4.69, 9.17) is 0 Å². The first-order valence-corrected chi connectivity index (χ1v) is 10.3. The van der Waals surface area contributed by atoms with Gasteiger partial charge in [0.15, 0.2) is 11.6 Å². The number of nitrogens with zero attached hydrogens (tertiary/aromatic N) is 4. The zero-order chi connectivity index (χ0) is 27.5. The normalized spacial score (nSPS) is 12.9. The Kier molecular flexibility index (Phi) is 6.12. The third kappa shape index (κ3) is 4.55. The zero-order valence-electron chi connectivity index (χ0n) is 18.7. The van der Waals surface area contributed by atoms with E-state index in [0.29, 0.717) is 12.1 Å². The predicted octanol–water partition coefficient (Wildman–Crippen LogP) is 6.98. The van der Waals surface area contributed by atoms with Crippen molar-refractivity contribution in [2.75, 3.05) is 0 Å². The number of benzene rings is 2. The number of rotatable bonds is 4. The third-order valence-corrected chi connectivity index (χ3v) is 5.66. The molecule has 0 aliphatic heterocycles. The quantitative estimate of drug-likeness (QED) is 0.264. The Morgan fingerprint density at radius 2 is 0.919 bits per heavy atom. The summed E-state index contributed by atoms with van der Waals surface area (Å²) in [6.07, 6.45) is -8.35. The second-order valence-corrected chi connectivity index (χ2v) is 8.42. The smallest absolute Gasteiger partial charge is 0.238 e. The van der Waals surface area contributed by atoms with Gasteiger partial charge in [-0.1, -0.05) is 0 Å². The number of hydrogen-bond acceptors (Lipinski definition) is 2. The van der Waals surface area contributed by atoms with E-state index in [1.807, 2.05) is 0 Å². The molecule has 0 aliphatic carbocycles. The molecule has 0 aliphatic rings. The van der Waals surface area contributed by atoms with Crippen LogP contribution in [0.4, 0.5) is 43.9 Å². The van der Waals surface area contributed by atoms with Gasteiger partial charge in [0.1, 0.15) is 34.1 Å². The van der Waals surface area contributed by atoms with Crippen LogP contribution in [0.15, 0.2) is 48.8 Å². The molecule has 4 rings (SSSR count). The maximum atomic E-state index is 14.5. The molecule has 14 heteroatoms. The molecule has 0 saturated carbocycles. The summed E-state index contributed by atoms with van der Waals surface area (Å²) in [6.45, 7) is 3.08. The summed E-state index contributed by atoms with van der Waals surface area (Å²) >= 11 is 0. The molecule has 0 atom stereocenters. The van der Waals surface area contributed by atoms with E-state index in [2.05, 4.69) is 10.2 Å². The summed E-state index contributed by atoms with van der Waals surface area (Å²) in [5, 5.41) is 8.13. The molecule has 0 amide bonds. The van der Waals surface area contributed by atoms with Crippen molar-refractivity contribution in [1.29, 1.82) is 0 Å². The summed E-state index contributed by atoms with van der Waals surface area (Å²) < 4.78 is 136. The van der Waals surface area contributed by atoms with Gasteiger partial charge >= 0.3 is 12.4 Å². The summed E-state index contributed by atoms with van der Waals surface area (Å²) in [4.78, 5) is 0. The van der Waals surface area contributed by atoms with Crippen LogP contribution in [0.2, 0.25) is 0 Å². The molecular formula is C23H14F10N4. The van der Waals surface area contributed by atoms with E-state index in [1.165, 1.54) is 26.0 Å². The van der Waals surface area contributed by atoms with E-state index >= 15 is 0 Å². The van der Waals surface area contributed by atoms with E-state index < -0.39 is 63.5 Å². The monoisotopic (exact) mass is 536 g/mol. The highest BCUT2D eigenvalue weighted by Gasteiger charge is 2.40. The van der Waals surface area contributed by atoms with Gasteiger partial charge in [-0.2, -0.15) is 36.5 Å². The fourth-order valence-corrected chi connectivity index (χ4v) is 3.67. The van der Waals surface area contributed by atoms with Crippen molar-refractivity contribution < 1.29 is 43.9 Å². The van der Waals surface area contributed by atoms with E-state index in [0.717, 1.165) is 33.9 Å². The van der Waals surface area contributed by atoms with Crippen molar-refractivity contribution in [1.82, 2.24) is 19.6 Å². The maximum absolute atomic E-state index is 14.5. The van der Waals surface area contributed by atoms with Crippen LogP contribution in [0, 0.1) is 23.3 Å². The van der Waals surface area contributed by atoms with Gasteiger partial charge < -0.3 is 0 Å². The molecule has 0 radical (unpaired) electrons. The van der Waals surface area contributed by atoms with Gasteiger partial charge in [-0.05, 0) is 50.2 Å². The van der Waals surface area contributed by atoms with Crippen LogP contribution in [0.3, 0.4) is 0 Å². The molecule has 2 aromatic heterocycles. The van der Waals surface area contributed by atoms with Crippen LogP contribution < -0.4 is 0 Å². The molecular weight excluding hydrogens is 522 g/mol. The van der Waals surface area contributed by atoms with Crippen molar-refractivity contribution in [3.05, 3.63) is 94.6 Å². The van der Waals surface area contributed by atoms with Crippen LogP contribution in [0.1, 0.15) is 36.4 Å². The lowest BCUT2D eigenvalue weighted by Crippen LogP contribution is -2.21. The second kappa shape index (κ2) is 8.63. The average molecular weight is 536 g/mol. The van der Waals surface area contributed by atoms with Gasteiger partial charge in [0.2, 0.25) is 0 Å². The second-order valence-electron chi connectivity index (χ2n) is 8.42. The van der Waals surface area contributed by atoms with Crippen molar-refractivity contribution >= 4 is 0 Å². The Morgan fingerprint density at radius 3 is 1.24 bits per heavy atom. The molecule has 37 heavy (non-hydrogen) atoms. The Morgan fingerprint density at radius 1 is 0.568 bits per heavy atom. The molecule has 2 aromatic carbocycles. The zero-order valence-corrected chi connectivity index (χ0v) is 18.7. The maximum Gasteiger partial charge on any atom is 0.422 e. The highest BCUT2D eigenvalue weighted by molar-refractivity contribution is 5.42. The average Bonchev–Trinajstić information content (AvgIpc) is 3.43. The molecule has 0 saturated heterocycles. The predicted molar refractivity (Wildman–Crippen MR) is 109 cm³/mol. The molecule has 0 bridgehead atoms. The van der Waals surface area contributed by atoms with E-state index in [1.54, 1.807) is 0 Å². The topological polar surface area (TPSA) is 35.6 Å². The molecule has 0 spiro atoms. The first-order valence-electron chi connectivity index (χ1n) is 10.3. The Hall–Kier alpha value is -3.84. The fourth-order valence-electron chi connectivity index (χ4n) is 3.67.